The molecule has 0 spiro atoms. The molecule has 0 radical (unpaired) electrons. The summed E-state index contributed by atoms with van der Waals surface area (Å²) < 4.78 is 30.8. The monoisotopic (exact) mass is 259 g/mol. The van der Waals surface area contributed by atoms with Crippen LogP contribution in [0.1, 0.15) is 23.7 Å². The number of rotatable bonds is 4. The number of carbonyl (C=O) groups is 1. The van der Waals surface area contributed by atoms with Gasteiger partial charge in [0.05, 0.1) is 10.5 Å². The van der Waals surface area contributed by atoms with Gasteiger partial charge in [0.15, 0.2) is 10.7 Å². The second kappa shape index (κ2) is 4.60. The van der Waals surface area contributed by atoms with Gasteiger partial charge >= 0.3 is 15.8 Å². The smallest absolute Gasteiger partial charge is 0.294 e. The van der Waals surface area contributed by atoms with E-state index in [1.807, 2.05) is 0 Å². The van der Waals surface area contributed by atoms with Crippen LogP contribution >= 0.6 is 0 Å². The molecule has 0 aliphatic heterocycles. The molecule has 0 fully saturated rings. The van der Waals surface area contributed by atoms with E-state index in [9.17, 15) is 23.3 Å². The molecule has 0 saturated heterocycles. The van der Waals surface area contributed by atoms with E-state index in [2.05, 4.69) is 0 Å². The molecule has 0 amide bonds. The SMILES string of the molecule is CCC(=O)c1cccc(S(=O)(=O)O)c1[N+](=O)[O-]. The van der Waals surface area contributed by atoms with Crippen molar-refractivity contribution in [2.24, 2.45) is 0 Å². The zero-order chi connectivity index (χ0) is 13.2. The summed E-state index contributed by atoms with van der Waals surface area (Å²) in [5, 5.41) is 10.8. The van der Waals surface area contributed by atoms with Crippen molar-refractivity contribution in [1.82, 2.24) is 0 Å². The van der Waals surface area contributed by atoms with Crippen LogP contribution in [0.25, 0.3) is 0 Å². The Labute approximate surface area is 97.0 Å². The minimum absolute atomic E-state index is 0.00420. The topological polar surface area (TPSA) is 115 Å². The molecule has 0 unspecified atom stereocenters. The molecular formula is C9H9NO6S. The van der Waals surface area contributed by atoms with Gasteiger partial charge in [-0.1, -0.05) is 13.0 Å². The third-order valence-electron chi connectivity index (χ3n) is 2.08. The largest absolute Gasteiger partial charge is 0.301 e. The predicted octanol–water partition coefficient (Wildman–Crippen LogP) is 1.43. The lowest BCUT2D eigenvalue weighted by Gasteiger charge is -2.04. The van der Waals surface area contributed by atoms with Crippen molar-refractivity contribution in [3.05, 3.63) is 33.9 Å². The molecule has 1 N–H and O–H groups in total. The maximum atomic E-state index is 11.4. The van der Waals surface area contributed by atoms with E-state index in [-0.39, 0.29) is 12.0 Å². The van der Waals surface area contributed by atoms with E-state index >= 15 is 0 Å². The van der Waals surface area contributed by atoms with Crippen LogP contribution in [0.5, 0.6) is 0 Å². The number of nitrogens with zero attached hydrogens (tertiary/aromatic N) is 1. The van der Waals surface area contributed by atoms with Crippen LogP contribution in [0, 0.1) is 10.1 Å². The van der Waals surface area contributed by atoms with E-state index < -0.39 is 31.4 Å². The van der Waals surface area contributed by atoms with E-state index in [0.717, 1.165) is 12.1 Å². The number of Topliss-reactive ketones (excluding diaryl/α,β-unsaturated/α-hetero) is 1. The van der Waals surface area contributed by atoms with Crippen LogP contribution in [0.3, 0.4) is 0 Å². The molecule has 1 aromatic carbocycles. The number of carbonyl (C=O) groups excluding carboxylic acids is 1. The van der Waals surface area contributed by atoms with Gasteiger partial charge in [0, 0.05) is 6.42 Å². The fourth-order valence-corrected chi connectivity index (χ4v) is 2.01. The predicted molar refractivity (Wildman–Crippen MR) is 57.5 cm³/mol. The molecule has 0 aliphatic rings. The van der Waals surface area contributed by atoms with Crippen molar-refractivity contribution in [2.75, 3.05) is 0 Å². The van der Waals surface area contributed by atoms with Crippen molar-refractivity contribution in [1.29, 1.82) is 0 Å². The molecule has 1 rings (SSSR count). The van der Waals surface area contributed by atoms with Gasteiger partial charge in [-0.05, 0) is 12.1 Å². The molecule has 7 nitrogen and oxygen atoms in total. The average molecular weight is 259 g/mol. The zero-order valence-corrected chi connectivity index (χ0v) is 9.60. The zero-order valence-electron chi connectivity index (χ0n) is 8.78. The Morgan fingerprint density at radius 2 is 2.06 bits per heavy atom. The molecule has 0 aromatic heterocycles. The fourth-order valence-electron chi connectivity index (χ4n) is 1.33. The molecule has 17 heavy (non-hydrogen) atoms. The normalized spacial score (nSPS) is 11.2. The highest BCUT2D eigenvalue weighted by atomic mass is 32.2. The van der Waals surface area contributed by atoms with E-state index in [4.69, 9.17) is 4.55 Å². The van der Waals surface area contributed by atoms with Gasteiger partial charge < -0.3 is 0 Å². The molecule has 0 atom stereocenters. The maximum Gasteiger partial charge on any atom is 0.301 e. The molecule has 0 aliphatic carbocycles. The Kier molecular flexibility index (Phi) is 3.59. The van der Waals surface area contributed by atoms with E-state index in [0.29, 0.717) is 0 Å². The van der Waals surface area contributed by atoms with Crippen molar-refractivity contribution in [3.8, 4) is 0 Å². The van der Waals surface area contributed by atoms with Crippen LogP contribution in [0.2, 0.25) is 0 Å². The highest BCUT2D eigenvalue weighted by Gasteiger charge is 2.29. The number of hydrogen-bond donors (Lipinski definition) is 1. The standard InChI is InChI=1S/C9H9NO6S/c1-2-7(11)6-4-3-5-8(17(14,15)16)9(6)10(12)13/h3-5H,2H2,1H3,(H,14,15,16). The summed E-state index contributed by atoms with van der Waals surface area (Å²) in [6.07, 6.45) is -0.00420. The van der Waals surface area contributed by atoms with Gasteiger partial charge in [-0.25, -0.2) is 0 Å². The molecule has 8 heteroatoms. The minimum Gasteiger partial charge on any atom is -0.294 e. The van der Waals surface area contributed by atoms with Gasteiger partial charge in [0.25, 0.3) is 0 Å². The number of para-hydroxylation sites is 1. The van der Waals surface area contributed by atoms with Crippen LogP contribution in [0.15, 0.2) is 23.1 Å². The lowest BCUT2D eigenvalue weighted by atomic mass is 10.1. The highest BCUT2D eigenvalue weighted by Crippen LogP contribution is 2.28. The first-order valence-corrected chi connectivity index (χ1v) is 6.01. The second-order valence-corrected chi connectivity index (χ2v) is 4.55. The number of ketones is 1. The molecule has 0 saturated carbocycles. The number of hydrogen-bond acceptors (Lipinski definition) is 5. The lowest BCUT2D eigenvalue weighted by molar-refractivity contribution is -0.388. The van der Waals surface area contributed by atoms with Gasteiger partial charge in [-0.3, -0.25) is 19.5 Å². The number of benzene rings is 1. The Morgan fingerprint density at radius 3 is 2.47 bits per heavy atom. The van der Waals surface area contributed by atoms with Gasteiger partial charge in [0.1, 0.15) is 0 Å². The summed E-state index contributed by atoms with van der Waals surface area (Å²) >= 11 is 0. The quantitative estimate of drug-likeness (QED) is 0.378. The molecule has 92 valence electrons. The Hall–Kier alpha value is -1.80. The van der Waals surface area contributed by atoms with Crippen molar-refractivity contribution in [3.63, 3.8) is 0 Å². The van der Waals surface area contributed by atoms with Gasteiger partial charge in [0.2, 0.25) is 0 Å². The third kappa shape index (κ3) is 2.66. The Morgan fingerprint density at radius 1 is 1.47 bits per heavy atom. The second-order valence-electron chi connectivity index (χ2n) is 3.16. The third-order valence-corrected chi connectivity index (χ3v) is 2.97. The number of nitro benzene ring substituents is 1. The average Bonchev–Trinajstić information content (AvgIpc) is 2.25. The fraction of sp³-hybridized carbons (Fsp3) is 0.222. The Bertz CT molecular complexity index is 577. The minimum atomic E-state index is -4.74. The van der Waals surface area contributed by atoms with Crippen molar-refractivity contribution in [2.45, 2.75) is 18.2 Å². The molecule has 1 aromatic rings. The van der Waals surface area contributed by atoms with Crippen LogP contribution < -0.4 is 0 Å². The summed E-state index contributed by atoms with van der Waals surface area (Å²) in [6.45, 7) is 1.49. The Balaban J connectivity index is 3.66. The highest BCUT2D eigenvalue weighted by molar-refractivity contribution is 7.86. The first-order valence-electron chi connectivity index (χ1n) is 4.57. The van der Waals surface area contributed by atoms with Crippen LogP contribution in [0.4, 0.5) is 5.69 Å². The number of nitro groups is 1. The van der Waals surface area contributed by atoms with Crippen LogP contribution in [-0.2, 0) is 10.1 Å². The first-order chi connectivity index (χ1) is 7.79. The van der Waals surface area contributed by atoms with Gasteiger partial charge in [-0.2, -0.15) is 8.42 Å². The summed E-state index contributed by atoms with van der Waals surface area (Å²) in [4.78, 5) is 20.4. The summed E-state index contributed by atoms with van der Waals surface area (Å²) in [5.74, 6) is -0.567. The van der Waals surface area contributed by atoms with Gasteiger partial charge in [-0.15, -0.1) is 0 Å². The summed E-state index contributed by atoms with van der Waals surface area (Å²) in [7, 11) is -4.74. The molecule has 0 heterocycles. The van der Waals surface area contributed by atoms with Crippen LogP contribution in [-0.4, -0.2) is 23.7 Å². The summed E-state index contributed by atoms with van der Waals surface area (Å²) in [5.41, 5.74) is -1.21. The maximum absolute atomic E-state index is 11.4. The summed E-state index contributed by atoms with van der Waals surface area (Å²) in [6, 6.07) is 3.19. The van der Waals surface area contributed by atoms with E-state index in [1.54, 1.807) is 0 Å². The first kappa shape index (κ1) is 13.3. The molecule has 0 bridgehead atoms. The van der Waals surface area contributed by atoms with Crippen molar-refractivity contribution < 1.29 is 22.7 Å². The molecular weight excluding hydrogens is 250 g/mol. The van der Waals surface area contributed by atoms with E-state index in [1.165, 1.54) is 13.0 Å². The van der Waals surface area contributed by atoms with Crippen molar-refractivity contribution >= 4 is 21.6 Å². The lowest BCUT2D eigenvalue weighted by Crippen LogP contribution is -2.09.